The van der Waals surface area contributed by atoms with Crippen molar-refractivity contribution >= 4 is 37.4 Å². The van der Waals surface area contributed by atoms with Crippen molar-refractivity contribution in [3.05, 3.63) is 120 Å². The van der Waals surface area contributed by atoms with E-state index in [4.69, 9.17) is 0 Å². The number of fused-ring (bicyclic) bond motifs is 2. The number of unbranched alkanes of at least 4 members (excludes halogenated alkanes) is 2. The van der Waals surface area contributed by atoms with Crippen LogP contribution in [0.4, 0.5) is 0 Å². The third kappa shape index (κ3) is 9.20. The summed E-state index contributed by atoms with van der Waals surface area (Å²) in [6.07, 6.45) is 7.39. The molecule has 0 saturated carbocycles. The zero-order chi connectivity index (χ0) is 26.2. The molecule has 0 fully saturated rings. The van der Waals surface area contributed by atoms with Crippen molar-refractivity contribution in [3.8, 4) is 21.7 Å². The van der Waals surface area contributed by atoms with E-state index >= 15 is 0 Å². The molecule has 0 amide bonds. The van der Waals surface area contributed by atoms with E-state index in [0.29, 0.717) is 0 Å². The number of rotatable bonds is 8. The van der Waals surface area contributed by atoms with Crippen LogP contribution in [-0.4, -0.2) is 0 Å². The normalized spacial score (nSPS) is 10.6. The van der Waals surface area contributed by atoms with Gasteiger partial charge in [-0.1, -0.05) is 169 Å². The van der Waals surface area contributed by atoms with Crippen LogP contribution in [0.2, 0.25) is 0 Å². The molecule has 0 nitrogen and oxygen atoms in total. The molecule has 0 aliphatic heterocycles. The molecule has 2 aromatic heterocycles. The Bertz CT molecular complexity index is 1470. The van der Waals surface area contributed by atoms with Gasteiger partial charge in [-0.2, -0.15) is 16.4 Å². The molecule has 0 aliphatic rings. The van der Waals surface area contributed by atoms with Crippen molar-refractivity contribution < 1.29 is 51.0 Å². The number of hydrogen-bond donors (Lipinski definition) is 0. The Hall–Kier alpha value is -1.58. The predicted molar refractivity (Wildman–Crippen MR) is 173 cm³/mol. The predicted octanol–water partition coefficient (Wildman–Crippen LogP) is 5.37. The van der Waals surface area contributed by atoms with E-state index in [1.54, 1.807) is 0 Å². The number of halogens is 2. The molecule has 0 spiro atoms. The Morgan fingerprint density at radius 2 is 0.902 bits per heavy atom. The number of aryl methyl sites for hydroxylation is 2. The average molecular weight is 693 g/mol. The summed E-state index contributed by atoms with van der Waals surface area (Å²) >= 11 is 0. The third-order valence-electron chi connectivity index (χ3n) is 7.05. The largest absolute Gasteiger partial charge is 4.00 e. The first-order valence-electron chi connectivity index (χ1n) is 13.9. The molecule has 2 unspecified atom stereocenters. The minimum absolute atomic E-state index is 0. The minimum Gasteiger partial charge on any atom is -1.00 e. The first-order chi connectivity index (χ1) is 18.8. The van der Waals surface area contributed by atoms with Gasteiger partial charge in [-0.3, -0.25) is 0 Å². The van der Waals surface area contributed by atoms with Crippen LogP contribution >= 0.6 is 16.4 Å². The average Bonchev–Trinajstić information content (AvgIpc) is 3.62. The second-order valence-corrected chi connectivity index (χ2v) is 12.4. The molecule has 2 heterocycles. The second kappa shape index (κ2) is 18.2. The van der Waals surface area contributed by atoms with E-state index in [-0.39, 0.29) is 51.0 Å². The summed E-state index contributed by atoms with van der Waals surface area (Å²) < 4.78 is 0. The summed E-state index contributed by atoms with van der Waals surface area (Å²) in [6.45, 7) is 4.50. The van der Waals surface area contributed by atoms with E-state index in [1.807, 2.05) is 0 Å². The van der Waals surface area contributed by atoms with Gasteiger partial charge in [0.05, 0.1) is 0 Å². The molecule has 6 aromatic rings. The first kappa shape index (κ1) is 35.6. The van der Waals surface area contributed by atoms with Gasteiger partial charge in [-0.05, 0) is 0 Å². The summed E-state index contributed by atoms with van der Waals surface area (Å²) in [5.41, 5.74) is 5.58. The maximum Gasteiger partial charge on any atom is 4.00 e. The Morgan fingerprint density at radius 1 is 0.512 bits per heavy atom. The number of hydrogen-bond acceptors (Lipinski definition) is 0. The molecule has 4 aromatic carbocycles. The Labute approximate surface area is 280 Å². The molecular formula is C36H36Cl2P2Zr. The molecular weight excluding hydrogens is 656 g/mol. The van der Waals surface area contributed by atoms with Crippen LogP contribution in [0.1, 0.15) is 50.7 Å². The van der Waals surface area contributed by atoms with Crippen LogP contribution in [0.25, 0.3) is 42.7 Å². The molecule has 41 heavy (non-hydrogen) atoms. The van der Waals surface area contributed by atoms with Gasteiger partial charge in [-0.25, -0.2) is 0 Å². The van der Waals surface area contributed by atoms with E-state index in [0.717, 1.165) is 16.4 Å². The molecule has 2 atom stereocenters. The first-order valence-corrected chi connectivity index (χ1v) is 15.9. The Morgan fingerprint density at radius 3 is 1.27 bits per heavy atom. The molecule has 0 aliphatic carbocycles. The summed E-state index contributed by atoms with van der Waals surface area (Å²) in [6, 6.07) is 42.1. The van der Waals surface area contributed by atoms with Crippen molar-refractivity contribution in [2.45, 2.75) is 52.4 Å². The van der Waals surface area contributed by atoms with Crippen molar-refractivity contribution in [1.29, 1.82) is 0 Å². The summed E-state index contributed by atoms with van der Waals surface area (Å²) in [5, 5.41) is 8.39. The zero-order valence-electron chi connectivity index (χ0n) is 23.7. The molecule has 5 heteroatoms. The topological polar surface area (TPSA) is 0 Å². The fourth-order valence-electron chi connectivity index (χ4n) is 4.94. The standard InChI is InChI=1S/2C18H18P.2ClH.Zr/c2*1-2-3-8-14-11-7-12-17-16(14)13-18(19-17)15-9-5-4-6-10-15;;;/h2*4-7,9-12,19H,2-3,8H2,1H3;2*1H;/q2*-1;;;+4/p-2. The maximum atomic E-state index is 3.66. The van der Waals surface area contributed by atoms with Crippen molar-refractivity contribution in [1.82, 2.24) is 0 Å². The Kier molecular flexibility index (Phi) is 15.8. The molecule has 6 rings (SSSR count). The van der Waals surface area contributed by atoms with Crippen molar-refractivity contribution in [2.24, 2.45) is 0 Å². The fourth-order valence-corrected chi connectivity index (χ4v) is 7.53. The summed E-state index contributed by atoms with van der Waals surface area (Å²) in [7, 11) is 1.51. The van der Waals surface area contributed by atoms with Crippen molar-refractivity contribution in [2.75, 3.05) is 0 Å². The smallest absolute Gasteiger partial charge is 1.00 e. The van der Waals surface area contributed by atoms with Gasteiger partial charge in [0.2, 0.25) is 0 Å². The third-order valence-corrected chi connectivity index (χ3v) is 9.74. The van der Waals surface area contributed by atoms with Gasteiger partial charge in [0, 0.05) is 0 Å². The van der Waals surface area contributed by atoms with Gasteiger partial charge in [0.15, 0.2) is 0 Å². The summed E-state index contributed by atoms with van der Waals surface area (Å²) in [4.78, 5) is 0. The fraction of sp³-hybridized carbons (Fsp3) is 0.222. The van der Waals surface area contributed by atoms with E-state index < -0.39 is 0 Å². The molecule has 0 saturated heterocycles. The molecule has 0 radical (unpaired) electrons. The SMILES string of the molecule is CCCCc1cccc2[pH]c(-c3ccccc3)[c-]c12.CCCCc1cccc2[pH]c(-c3ccccc3)[c-]c12.[Cl-].[Cl-].[Zr+4]. The van der Waals surface area contributed by atoms with Crippen LogP contribution < -0.4 is 24.8 Å². The van der Waals surface area contributed by atoms with Gasteiger partial charge in [0.25, 0.3) is 0 Å². The molecule has 208 valence electrons. The van der Waals surface area contributed by atoms with E-state index in [1.165, 1.54) is 92.4 Å². The molecule has 0 bridgehead atoms. The molecule has 0 N–H and O–H groups in total. The number of benzene rings is 4. The van der Waals surface area contributed by atoms with Gasteiger partial charge in [-0.15, -0.1) is 46.2 Å². The van der Waals surface area contributed by atoms with E-state index in [9.17, 15) is 0 Å². The Balaban J connectivity index is 0.000000267. The maximum absolute atomic E-state index is 3.66. The van der Waals surface area contributed by atoms with Crippen LogP contribution in [0, 0.1) is 12.1 Å². The van der Waals surface area contributed by atoms with Crippen LogP contribution in [0.15, 0.2) is 97.1 Å². The van der Waals surface area contributed by atoms with Crippen molar-refractivity contribution in [3.63, 3.8) is 0 Å². The quantitative estimate of drug-likeness (QED) is 0.189. The van der Waals surface area contributed by atoms with Crippen LogP contribution in [-0.2, 0) is 39.0 Å². The van der Waals surface area contributed by atoms with Crippen LogP contribution in [0.3, 0.4) is 0 Å². The zero-order valence-corrected chi connectivity index (χ0v) is 29.7. The minimum atomic E-state index is 0. The van der Waals surface area contributed by atoms with Gasteiger partial charge >= 0.3 is 26.2 Å². The van der Waals surface area contributed by atoms with Crippen LogP contribution in [0.5, 0.6) is 0 Å². The monoisotopic (exact) mass is 690 g/mol. The summed E-state index contributed by atoms with van der Waals surface area (Å²) in [5.74, 6) is 0. The van der Waals surface area contributed by atoms with Gasteiger partial charge < -0.3 is 24.8 Å². The van der Waals surface area contributed by atoms with E-state index in [2.05, 4.69) is 123 Å². The van der Waals surface area contributed by atoms with Gasteiger partial charge in [0.1, 0.15) is 0 Å². The second-order valence-electron chi connectivity index (χ2n) is 9.87.